The van der Waals surface area contributed by atoms with E-state index in [2.05, 4.69) is 87.6 Å². The van der Waals surface area contributed by atoms with E-state index >= 15 is 0 Å². The van der Waals surface area contributed by atoms with E-state index < -0.39 is 6.10 Å². The first-order chi connectivity index (χ1) is 35.5. The van der Waals surface area contributed by atoms with Gasteiger partial charge in [0.05, 0.1) is 0 Å². The lowest BCUT2D eigenvalue weighted by atomic mass is 10.0. The average molecular weight is 1010 g/mol. The average Bonchev–Trinajstić information content (AvgIpc) is 3.38. The monoisotopic (exact) mass is 1000 g/mol. The zero-order chi connectivity index (χ0) is 52.2. The van der Waals surface area contributed by atoms with Gasteiger partial charge in [-0.2, -0.15) is 0 Å². The van der Waals surface area contributed by atoms with Crippen molar-refractivity contribution in [2.45, 2.75) is 316 Å². The minimum atomic E-state index is -0.815. The molecule has 0 bridgehead atoms. The molecule has 0 aromatic carbocycles. The molecule has 0 amide bonds. The van der Waals surface area contributed by atoms with Crippen molar-refractivity contribution >= 4 is 17.9 Å². The zero-order valence-electron chi connectivity index (χ0n) is 47.7. The summed E-state index contributed by atoms with van der Waals surface area (Å²) in [4.78, 5) is 38.1. The number of unbranched alkanes of at least 4 members (excludes halogenated alkanes) is 33. The lowest BCUT2D eigenvalue weighted by molar-refractivity contribution is -0.166. The van der Waals surface area contributed by atoms with Crippen LogP contribution in [0.25, 0.3) is 0 Å². The largest absolute Gasteiger partial charge is 0.462 e. The van der Waals surface area contributed by atoms with Gasteiger partial charge in [0.2, 0.25) is 0 Å². The van der Waals surface area contributed by atoms with Crippen LogP contribution in [0.3, 0.4) is 0 Å². The second-order valence-electron chi connectivity index (χ2n) is 20.6. The quantitative estimate of drug-likeness (QED) is 0.0261. The molecule has 72 heavy (non-hydrogen) atoms. The number of rotatable bonds is 56. The normalized spacial score (nSPS) is 12.5. The molecule has 0 rings (SSSR count). The fraction of sp³-hybridized carbons (Fsp3) is 0.773. The van der Waals surface area contributed by atoms with Gasteiger partial charge in [-0.3, -0.25) is 14.4 Å². The highest BCUT2D eigenvalue weighted by Crippen LogP contribution is 2.16. The van der Waals surface area contributed by atoms with E-state index in [1.807, 2.05) is 6.08 Å². The molecule has 0 aliphatic heterocycles. The van der Waals surface area contributed by atoms with Crippen LogP contribution in [0.4, 0.5) is 0 Å². The van der Waals surface area contributed by atoms with E-state index in [1.54, 1.807) is 0 Å². The first-order valence-corrected chi connectivity index (χ1v) is 30.9. The summed E-state index contributed by atoms with van der Waals surface area (Å²) < 4.78 is 16.8. The topological polar surface area (TPSA) is 78.9 Å². The lowest BCUT2D eigenvalue weighted by Crippen LogP contribution is -2.30. The third-order valence-corrected chi connectivity index (χ3v) is 13.4. The predicted molar refractivity (Wildman–Crippen MR) is 311 cm³/mol. The SMILES string of the molecule is CC/C=C\C/C=C\C/C=C\C/C=C\CCC(=O)OC(COC(=O)CCCCCCC/C=C\CCCCC)COC(=O)CCCCCCCCCCCCCCCCCCC/C=C\CCCCCCCCCC. The smallest absolute Gasteiger partial charge is 0.306 e. The Morgan fingerprint density at radius 1 is 0.292 bits per heavy atom. The van der Waals surface area contributed by atoms with Crippen LogP contribution in [-0.2, 0) is 28.6 Å². The van der Waals surface area contributed by atoms with Gasteiger partial charge in [0, 0.05) is 19.3 Å². The van der Waals surface area contributed by atoms with Gasteiger partial charge in [0.25, 0.3) is 0 Å². The lowest BCUT2D eigenvalue weighted by Gasteiger charge is -2.18. The van der Waals surface area contributed by atoms with Gasteiger partial charge in [-0.15, -0.1) is 0 Å². The van der Waals surface area contributed by atoms with E-state index in [1.165, 1.54) is 186 Å². The van der Waals surface area contributed by atoms with Gasteiger partial charge >= 0.3 is 17.9 Å². The molecule has 0 heterocycles. The van der Waals surface area contributed by atoms with Gasteiger partial charge in [-0.1, -0.05) is 267 Å². The summed E-state index contributed by atoms with van der Waals surface area (Å²) in [5.41, 5.74) is 0. The van der Waals surface area contributed by atoms with Crippen LogP contribution in [0.5, 0.6) is 0 Å². The third kappa shape index (κ3) is 57.7. The molecule has 1 unspecified atom stereocenters. The summed E-state index contributed by atoms with van der Waals surface area (Å²) in [6.45, 7) is 6.45. The second kappa shape index (κ2) is 60.4. The van der Waals surface area contributed by atoms with Crippen molar-refractivity contribution in [3.05, 3.63) is 72.9 Å². The highest BCUT2D eigenvalue weighted by molar-refractivity contribution is 5.71. The van der Waals surface area contributed by atoms with Crippen molar-refractivity contribution in [3.63, 3.8) is 0 Å². The van der Waals surface area contributed by atoms with E-state index in [9.17, 15) is 14.4 Å². The zero-order valence-corrected chi connectivity index (χ0v) is 47.7. The molecule has 0 aromatic rings. The van der Waals surface area contributed by atoms with Crippen LogP contribution in [-0.4, -0.2) is 37.2 Å². The number of carbonyl (C=O) groups excluding carboxylic acids is 3. The van der Waals surface area contributed by atoms with E-state index in [-0.39, 0.29) is 37.5 Å². The first kappa shape index (κ1) is 68.8. The maximum atomic E-state index is 12.8. The first-order valence-electron chi connectivity index (χ1n) is 30.9. The second-order valence-corrected chi connectivity index (χ2v) is 20.6. The van der Waals surface area contributed by atoms with Gasteiger partial charge in [0.15, 0.2) is 6.10 Å². The van der Waals surface area contributed by atoms with Crippen LogP contribution >= 0.6 is 0 Å². The van der Waals surface area contributed by atoms with Crippen LogP contribution in [0.2, 0.25) is 0 Å². The molecule has 0 saturated carbocycles. The van der Waals surface area contributed by atoms with Crippen molar-refractivity contribution in [1.29, 1.82) is 0 Å². The van der Waals surface area contributed by atoms with Crippen LogP contribution in [0.1, 0.15) is 310 Å². The minimum Gasteiger partial charge on any atom is -0.462 e. The number of esters is 3. The molecule has 0 spiro atoms. The highest BCUT2D eigenvalue weighted by Gasteiger charge is 2.19. The Bertz CT molecular complexity index is 1340. The Hall–Kier alpha value is -3.15. The number of ether oxygens (including phenoxy) is 3. The maximum absolute atomic E-state index is 12.8. The van der Waals surface area contributed by atoms with Crippen LogP contribution in [0, 0.1) is 0 Å². The number of carbonyl (C=O) groups is 3. The summed E-state index contributed by atoms with van der Waals surface area (Å²) in [5.74, 6) is -0.988. The van der Waals surface area contributed by atoms with E-state index in [4.69, 9.17) is 14.2 Å². The summed E-state index contributed by atoms with van der Waals surface area (Å²) in [6.07, 6.45) is 78.0. The van der Waals surface area contributed by atoms with Crippen molar-refractivity contribution in [3.8, 4) is 0 Å². The van der Waals surface area contributed by atoms with Gasteiger partial charge in [-0.25, -0.2) is 0 Å². The summed E-state index contributed by atoms with van der Waals surface area (Å²) in [7, 11) is 0. The summed E-state index contributed by atoms with van der Waals surface area (Å²) >= 11 is 0. The molecule has 1 atom stereocenters. The molecule has 0 saturated heterocycles. The van der Waals surface area contributed by atoms with Gasteiger partial charge < -0.3 is 14.2 Å². The van der Waals surface area contributed by atoms with Crippen molar-refractivity contribution in [2.75, 3.05) is 13.2 Å². The summed E-state index contributed by atoms with van der Waals surface area (Å²) in [6, 6.07) is 0. The molecule has 416 valence electrons. The highest BCUT2D eigenvalue weighted by atomic mass is 16.6. The van der Waals surface area contributed by atoms with Crippen LogP contribution in [0.15, 0.2) is 72.9 Å². The molecule has 0 aliphatic carbocycles. The Labute approximate surface area is 446 Å². The standard InChI is InChI=1S/C66H116O6/c1-4-7-10-13-16-19-22-25-26-27-28-29-30-31-32-33-34-35-36-37-38-39-40-42-44-47-50-53-56-59-65(68)71-62-63(61-70-64(67)58-55-52-49-46-43-24-21-18-15-12-9-6-3)72-66(69)60-57-54-51-48-45-41-23-20-17-14-11-8-5-2/h8,11,17-18,20-21,27-28,41,45,51,54,63H,4-7,9-10,12-16,19,22-26,29-40,42-44,46-50,52-53,55-62H2,1-3H3/b11-8-,20-17-,21-18-,28-27-,45-41-,54-51-. The summed E-state index contributed by atoms with van der Waals surface area (Å²) in [5, 5.41) is 0. The third-order valence-electron chi connectivity index (χ3n) is 13.4. The molecule has 0 aromatic heterocycles. The predicted octanol–water partition coefficient (Wildman–Crippen LogP) is 20.9. The number of hydrogen-bond donors (Lipinski definition) is 0. The maximum Gasteiger partial charge on any atom is 0.306 e. The van der Waals surface area contributed by atoms with Crippen LogP contribution < -0.4 is 0 Å². The van der Waals surface area contributed by atoms with Crippen molar-refractivity contribution in [1.82, 2.24) is 0 Å². The van der Waals surface area contributed by atoms with Crippen molar-refractivity contribution in [2.24, 2.45) is 0 Å². The molecule has 6 nitrogen and oxygen atoms in total. The number of allylic oxidation sites excluding steroid dienone is 12. The molecule has 0 N–H and O–H groups in total. The Balaban J connectivity index is 4.18. The molecule has 0 aliphatic rings. The fourth-order valence-electron chi connectivity index (χ4n) is 8.80. The van der Waals surface area contributed by atoms with E-state index in [0.717, 1.165) is 77.0 Å². The Kier molecular flexibility index (Phi) is 57.8. The molecular formula is C66H116O6. The fourth-order valence-corrected chi connectivity index (χ4v) is 8.80. The van der Waals surface area contributed by atoms with Gasteiger partial charge in [0.1, 0.15) is 13.2 Å². The Morgan fingerprint density at radius 2 is 0.569 bits per heavy atom. The minimum absolute atomic E-state index is 0.105. The Morgan fingerprint density at radius 3 is 0.931 bits per heavy atom. The molecule has 0 fully saturated rings. The van der Waals surface area contributed by atoms with Crippen molar-refractivity contribution < 1.29 is 28.6 Å². The van der Waals surface area contributed by atoms with Gasteiger partial charge in [-0.05, 0) is 96.3 Å². The molecule has 6 heteroatoms. The number of hydrogen-bond acceptors (Lipinski definition) is 6. The molecule has 0 radical (unpaired) electrons. The molecular weight excluding hydrogens is 889 g/mol. The van der Waals surface area contributed by atoms with E-state index in [0.29, 0.717) is 19.3 Å².